The highest BCUT2D eigenvalue weighted by Gasteiger charge is 2.12. The first kappa shape index (κ1) is 17.0. The van der Waals surface area contributed by atoms with Crippen LogP contribution in [0.25, 0.3) is 0 Å². The molecule has 2 amide bonds. The largest absolute Gasteiger partial charge is 0.354 e. The molecule has 21 heavy (non-hydrogen) atoms. The van der Waals surface area contributed by atoms with Crippen LogP contribution in [-0.2, 0) is 4.79 Å². The Balaban J connectivity index is 2.51. The monoisotopic (exact) mass is 292 g/mol. The molecule has 6 nitrogen and oxygen atoms in total. The maximum Gasteiger partial charge on any atom is 0.253 e. The molecule has 1 unspecified atom stereocenters. The van der Waals surface area contributed by atoms with Crippen molar-refractivity contribution in [3.8, 4) is 0 Å². The van der Waals surface area contributed by atoms with Gasteiger partial charge in [-0.05, 0) is 32.4 Å². The van der Waals surface area contributed by atoms with Gasteiger partial charge in [0, 0.05) is 19.0 Å². The zero-order chi connectivity index (χ0) is 15.8. The summed E-state index contributed by atoms with van der Waals surface area (Å²) in [6, 6.07) is 5.52. The zero-order valence-electron chi connectivity index (χ0n) is 12.8. The van der Waals surface area contributed by atoms with Gasteiger partial charge in [-0.3, -0.25) is 15.4 Å². The van der Waals surface area contributed by atoms with E-state index in [0.29, 0.717) is 17.8 Å². The summed E-state index contributed by atoms with van der Waals surface area (Å²) in [7, 11) is 0. The van der Waals surface area contributed by atoms with Crippen LogP contribution < -0.4 is 21.9 Å². The predicted octanol–water partition coefficient (Wildman–Crippen LogP) is 1.32. The van der Waals surface area contributed by atoms with E-state index in [1.54, 1.807) is 12.1 Å². The SMILES string of the molecule is CCC(C)NC(=O)CCNC(=O)c1cc(C)ccc1NN. The van der Waals surface area contributed by atoms with Gasteiger partial charge in [0.1, 0.15) is 0 Å². The second-order valence-electron chi connectivity index (χ2n) is 5.08. The molecule has 0 aliphatic heterocycles. The Kier molecular flexibility index (Phi) is 6.68. The fraction of sp³-hybridized carbons (Fsp3) is 0.467. The predicted molar refractivity (Wildman–Crippen MR) is 83.8 cm³/mol. The third kappa shape index (κ3) is 5.43. The third-order valence-corrected chi connectivity index (χ3v) is 3.23. The normalized spacial score (nSPS) is 11.6. The molecule has 0 radical (unpaired) electrons. The van der Waals surface area contributed by atoms with Crippen LogP contribution in [0.5, 0.6) is 0 Å². The number of nitrogens with two attached hydrogens (primary N) is 1. The van der Waals surface area contributed by atoms with Crippen molar-refractivity contribution in [1.29, 1.82) is 0 Å². The van der Waals surface area contributed by atoms with E-state index >= 15 is 0 Å². The molecule has 1 aromatic carbocycles. The van der Waals surface area contributed by atoms with Crippen molar-refractivity contribution in [3.05, 3.63) is 29.3 Å². The Morgan fingerprint density at radius 1 is 1.33 bits per heavy atom. The summed E-state index contributed by atoms with van der Waals surface area (Å²) < 4.78 is 0. The van der Waals surface area contributed by atoms with Crippen molar-refractivity contribution in [2.45, 2.75) is 39.7 Å². The number of hydrazine groups is 1. The smallest absolute Gasteiger partial charge is 0.253 e. The molecule has 5 N–H and O–H groups in total. The lowest BCUT2D eigenvalue weighted by Gasteiger charge is -2.12. The molecular weight excluding hydrogens is 268 g/mol. The third-order valence-electron chi connectivity index (χ3n) is 3.23. The first-order valence-electron chi connectivity index (χ1n) is 7.12. The molecule has 1 aromatic rings. The standard InChI is InChI=1S/C15H24N4O2/c1-4-11(3)18-14(20)7-8-17-15(21)12-9-10(2)5-6-13(12)19-16/h5-6,9,11,19H,4,7-8,16H2,1-3H3,(H,17,21)(H,18,20). The number of amides is 2. The van der Waals surface area contributed by atoms with E-state index in [2.05, 4.69) is 16.1 Å². The van der Waals surface area contributed by atoms with Crippen molar-refractivity contribution >= 4 is 17.5 Å². The number of nitrogen functional groups attached to an aromatic ring is 1. The molecule has 0 bridgehead atoms. The molecule has 1 rings (SSSR count). The van der Waals surface area contributed by atoms with Crippen molar-refractivity contribution in [1.82, 2.24) is 10.6 Å². The number of benzene rings is 1. The van der Waals surface area contributed by atoms with Gasteiger partial charge in [-0.1, -0.05) is 18.6 Å². The maximum atomic E-state index is 12.1. The van der Waals surface area contributed by atoms with E-state index in [0.717, 1.165) is 12.0 Å². The highest BCUT2D eigenvalue weighted by atomic mass is 16.2. The minimum absolute atomic E-state index is 0.0638. The molecule has 0 aliphatic rings. The number of nitrogens with one attached hydrogen (secondary N) is 3. The minimum Gasteiger partial charge on any atom is -0.354 e. The van der Waals surface area contributed by atoms with Gasteiger partial charge in [-0.15, -0.1) is 0 Å². The van der Waals surface area contributed by atoms with E-state index in [-0.39, 0.29) is 24.3 Å². The molecular formula is C15H24N4O2. The quantitative estimate of drug-likeness (QED) is 0.450. The number of rotatable bonds is 7. The fourth-order valence-corrected chi connectivity index (χ4v) is 1.81. The first-order valence-corrected chi connectivity index (χ1v) is 7.12. The second-order valence-corrected chi connectivity index (χ2v) is 5.08. The van der Waals surface area contributed by atoms with Gasteiger partial charge in [0.05, 0.1) is 11.3 Å². The number of hydrogen-bond donors (Lipinski definition) is 4. The van der Waals surface area contributed by atoms with Gasteiger partial charge >= 0.3 is 0 Å². The topological polar surface area (TPSA) is 96.2 Å². The van der Waals surface area contributed by atoms with Crippen LogP contribution >= 0.6 is 0 Å². The Labute approximate surface area is 125 Å². The Bertz CT molecular complexity index is 502. The molecule has 0 saturated heterocycles. The first-order chi connectivity index (χ1) is 9.97. The molecule has 0 aromatic heterocycles. The van der Waals surface area contributed by atoms with Crippen molar-refractivity contribution < 1.29 is 9.59 Å². The summed E-state index contributed by atoms with van der Waals surface area (Å²) >= 11 is 0. The van der Waals surface area contributed by atoms with Crippen LogP contribution in [0.3, 0.4) is 0 Å². The molecule has 1 atom stereocenters. The molecule has 0 fully saturated rings. The lowest BCUT2D eigenvalue weighted by molar-refractivity contribution is -0.121. The molecule has 0 heterocycles. The number of carbonyl (C=O) groups is 2. The molecule has 116 valence electrons. The Morgan fingerprint density at radius 2 is 2.05 bits per heavy atom. The van der Waals surface area contributed by atoms with Crippen molar-refractivity contribution in [3.63, 3.8) is 0 Å². The van der Waals surface area contributed by atoms with E-state index in [1.807, 2.05) is 26.8 Å². The van der Waals surface area contributed by atoms with Crippen LogP contribution in [0, 0.1) is 6.92 Å². The molecule has 0 saturated carbocycles. The van der Waals surface area contributed by atoms with Crippen LogP contribution in [-0.4, -0.2) is 24.4 Å². The molecule has 0 spiro atoms. The zero-order valence-corrected chi connectivity index (χ0v) is 12.8. The molecule has 0 aliphatic carbocycles. The Hall–Kier alpha value is -2.08. The van der Waals surface area contributed by atoms with Gasteiger partial charge in [-0.2, -0.15) is 0 Å². The van der Waals surface area contributed by atoms with Gasteiger partial charge in [0.25, 0.3) is 5.91 Å². The second kappa shape index (κ2) is 8.26. The maximum absolute atomic E-state index is 12.1. The van der Waals surface area contributed by atoms with Crippen molar-refractivity contribution in [2.75, 3.05) is 12.0 Å². The van der Waals surface area contributed by atoms with Gasteiger partial charge < -0.3 is 16.1 Å². The van der Waals surface area contributed by atoms with Gasteiger partial charge in [-0.25, -0.2) is 0 Å². The average Bonchev–Trinajstić information content (AvgIpc) is 2.46. The number of anilines is 1. The van der Waals surface area contributed by atoms with E-state index in [4.69, 9.17) is 5.84 Å². The van der Waals surface area contributed by atoms with Crippen LogP contribution in [0.4, 0.5) is 5.69 Å². The van der Waals surface area contributed by atoms with Gasteiger partial charge in [0.15, 0.2) is 0 Å². The summed E-state index contributed by atoms with van der Waals surface area (Å²) in [5.74, 6) is 5.08. The fourth-order valence-electron chi connectivity index (χ4n) is 1.81. The number of carbonyl (C=O) groups excluding carboxylic acids is 2. The minimum atomic E-state index is -0.247. The highest BCUT2D eigenvalue weighted by Crippen LogP contribution is 2.15. The van der Waals surface area contributed by atoms with E-state index in [9.17, 15) is 9.59 Å². The highest BCUT2D eigenvalue weighted by molar-refractivity contribution is 5.99. The van der Waals surface area contributed by atoms with E-state index < -0.39 is 0 Å². The molecule has 6 heteroatoms. The summed E-state index contributed by atoms with van der Waals surface area (Å²) in [5.41, 5.74) is 4.49. The van der Waals surface area contributed by atoms with Gasteiger partial charge in [0.2, 0.25) is 5.91 Å². The Morgan fingerprint density at radius 3 is 2.67 bits per heavy atom. The lowest BCUT2D eigenvalue weighted by atomic mass is 10.1. The summed E-state index contributed by atoms with van der Waals surface area (Å²) in [6.07, 6.45) is 1.14. The van der Waals surface area contributed by atoms with Crippen LogP contribution in [0.2, 0.25) is 0 Å². The average molecular weight is 292 g/mol. The van der Waals surface area contributed by atoms with E-state index in [1.165, 1.54) is 0 Å². The number of aryl methyl sites for hydroxylation is 1. The summed E-state index contributed by atoms with van der Waals surface area (Å²) in [5, 5.41) is 5.58. The van der Waals surface area contributed by atoms with Crippen LogP contribution in [0.1, 0.15) is 42.6 Å². The summed E-state index contributed by atoms with van der Waals surface area (Å²) in [4.78, 5) is 23.7. The number of hydrogen-bond acceptors (Lipinski definition) is 4. The summed E-state index contributed by atoms with van der Waals surface area (Å²) in [6.45, 7) is 6.14. The lowest BCUT2D eigenvalue weighted by Crippen LogP contribution is -2.35. The van der Waals surface area contributed by atoms with Crippen LogP contribution in [0.15, 0.2) is 18.2 Å². The van der Waals surface area contributed by atoms with Crippen molar-refractivity contribution in [2.24, 2.45) is 5.84 Å².